The summed E-state index contributed by atoms with van der Waals surface area (Å²) >= 11 is 0. The van der Waals surface area contributed by atoms with E-state index in [0.29, 0.717) is 24.8 Å². The molecule has 0 aromatic rings. The lowest BCUT2D eigenvalue weighted by atomic mass is 10.0. The van der Waals surface area contributed by atoms with Crippen molar-refractivity contribution in [2.75, 3.05) is 6.54 Å². The van der Waals surface area contributed by atoms with Gasteiger partial charge in [-0.05, 0) is 38.2 Å². The Hall–Kier alpha value is -1.16. The van der Waals surface area contributed by atoms with Crippen LogP contribution in [-0.2, 0) is 9.59 Å². The molecule has 1 amide bonds. The van der Waals surface area contributed by atoms with E-state index >= 15 is 0 Å². The number of amides is 1. The first-order valence-electron chi connectivity index (χ1n) is 7.36. The predicted octanol–water partition coefficient (Wildman–Crippen LogP) is 1.95. The lowest BCUT2D eigenvalue weighted by molar-refractivity contribution is -0.121. The molecule has 4 nitrogen and oxygen atoms in total. The molecule has 2 unspecified atom stereocenters. The van der Waals surface area contributed by atoms with Gasteiger partial charge in [0.1, 0.15) is 5.78 Å². The summed E-state index contributed by atoms with van der Waals surface area (Å²) in [5.41, 5.74) is 0. The Morgan fingerprint density at radius 2 is 2.11 bits per heavy atom. The molecule has 0 bridgehead atoms. The Kier molecular flexibility index (Phi) is 7.41. The van der Waals surface area contributed by atoms with Gasteiger partial charge in [-0.3, -0.25) is 9.59 Å². The fourth-order valence-electron chi connectivity index (χ4n) is 2.45. The van der Waals surface area contributed by atoms with E-state index in [2.05, 4.69) is 24.1 Å². The predicted molar refractivity (Wildman–Crippen MR) is 76.9 cm³/mol. The molecule has 4 heteroatoms. The third-order valence-corrected chi connectivity index (χ3v) is 3.71. The van der Waals surface area contributed by atoms with E-state index in [1.807, 2.05) is 0 Å². The van der Waals surface area contributed by atoms with Crippen LogP contribution in [0.5, 0.6) is 0 Å². The summed E-state index contributed by atoms with van der Waals surface area (Å²) in [5, 5.41) is 6.13. The number of ketones is 1. The largest absolute Gasteiger partial charge is 0.353 e. The van der Waals surface area contributed by atoms with Crippen LogP contribution >= 0.6 is 0 Å². The summed E-state index contributed by atoms with van der Waals surface area (Å²) in [6.45, 7) is 6.21. The monoisotopic (exact) mass is 266 g/mol. The van der Waals surface area contributed by atoms with Crippen molar-refractivity contribution in [1.82, 2.24) is 10.6 Å². The highest BCUT2D eigenvalue weighted by Crippen LogP contribution is 2.17. The molecule has 0 spiro atoms. The zero-order valence-electron chi connectivity index (χ0n) is 11.9. The van der Waals surface area contributed by atoms with Gasteiger partial charge in [-0.1, -0.05) is 19.9 Å². The van der Waals surface area contributed by atoms with Crippen molar-refractivity contribution in [3.8, 4) is 0 Å². The normalized spacial score (nSPS) is 22.2. The van der Waals surface area contributed by atoms with E-state index in [-0.39, 0.29) is 11.9 Å². The molecule has 108 valence electrons. The highest BCUT2D eigenvalue weighted by molar-refractivity contribution is 5.86. The number of carbonyl (C=O) groups is 2. The number of unbranched alkanes of at least 4 members (excludes halogenated alkanes) is 2. The number of carbonyl (C=O) groups excluding carboxylic acids is 2. The van der Waals surface area contributed by atoms with Crippen molar-refractivity contribution in [2.24, 2.45) is 0 Å². The van der Waals surface area contributed by atoms with E-state index in [1.54, 1.807) is 0 Å². The van der Waals surface area contributed by atoms with Gasteiger partial charge in [-0.15, -0.1) is 0 Å². The molecule has 0 saturated carbocycles. The Bertz CT molecular complexity index is 315. The molecule has 1 aliphatic heterocycles. The maximum absolute atomic E-state index is 11.9. The van der Waals surface area contributed by atoms with Crippen LogP contribution < -0.4 is 10.6 Å². The van der Waals surface area contributed by atoms with E-state index in [1.165, 1.54) is 6.08 Å². The number of hydrogen-bond donors (Lipinski definition) is 2. The van der Waals surface area contributed by atoms with Crippen LogP contribution in [-0.4, -0.2) is 30.3 Å². The standard InChI is InChI=1S/C15H26N2O2/c1-3-12-9-10-13(17-12)14(18)8-6-5-7-11-16-15(19)4-2/h4,12-13,17H,2-3,5-11H2,1H3,(H,16,19). The maximum atomic E-state index is 11.9. The molecule has 1 aliphatic rings. The molecule has 2 N–H and O–H groups in total. The molecule has 19 heavy (non-hydrogen) atoms. The van der Waals surface area contributed by atoms with Crippen LogP contribution in [0.1, 0.15) is 51.9 Å². The zero-order valence-corrected chi connectivity index (χ0v) is 11.9. The Morgan fingerprint density at radius 1 is 1.32 bits per heavy atom. The number of rotatable bonds is 9. The van der Waals surface area contributed by atoms with Crippen molar-refractivity contribution in [3.05, 3.63) is 12.7 Å². The van der Waals surface area contributed by atoms with Gasteiger partial charge >= 0.3 is 0 Å². The zero-order chi connectivity index (χ0) is 14.1. The molecule has 0 aromatic heterocycles. The second-order valence-corrected chi connectivity index (χ2v) is 5.17. The second kappa shape index (κ2) is 8.86. The smallest absolute Gasteiger partial charge is 0.243 e. The SMILES string of the molecule is C=CC(=O)NCCCCCC(=O)C1CCC(CC)N1. The highest BCUT2D eigenvalue weighted by Gasteiger charge is 2.26. The van der Waals surface area contributed by atoms with Crippen molar-refractivity contribution in [2.45, 2.75) is 64.0 Å². The molecule has 0 aliphatic carbocycles. The fraction of sp³-hybridized carbons (Fsp3) is 0.733. The summed E-state index contributed by atoms with van der Waals surface area (Å²) in [6, 6.07) is 0.619. The summed E-state index contributed by atoms with van der Waals surface area (Å²) < 4.78 is 0. The third-order valence-electron chi connectivity index (χ3n) is 3.71. The third kappa shape index (κ3) is 6.01. The average molecular weight is 266 g/mol. The molecule has 1 saturated heterocycles. The number of nitrogens with one attached hydrogen (secondary N) is 2. The van der Waals surface area contributed by atoms with Gasteiger partial charge in [0.25, 0.3) is 0 Å². The molecule has 1 fully saturated rings. The van der Waals surface area contributed by atoms with Crippen LogP contribution in [0.4, 0.5) is 0 Å². The summed E-state index contributed by atoms with van der Waals surface area (Å²) in [7, 11) is 0. The van der Waals surface area contributed by atoms with Gasteiger partial charge in [-0.25, -0.2) is 0 Å². The van der Waals surface area contributed by atoms with Gasteiger partial charge in [0.15, 0.2) is 0 Å². The Labute approximate surface area is 116 Å². The fourth-order valence-corrected chi connectivity index (χ4v) is 2.45. The molecule has 0 aromatic carbocycles. The van der Waals surface area contributed by atoms with Crippen LogP contribution in [0.15, 0.2) is 12.7 Å². The molecule has 1 rings (SSSR count). The van der Waals surface area contributed by atoms with Crippen molar-refractivity contribution < 1.29 is 9.59 Å². The summed E-state index contributed by atoms with van der Waals surface area (Å²) in [4.78, 5) is 22.8. The lowest BCUT2D eigenvalue weighted by Gasteiger charge is -2.11. The van der Waals surface area contributed by atoms with Gasteiger partial charge < -0.3 is 10.6 Å². The molecule has 2 atom stereocenters. The first-order chi connectivity index (χ1) is 9.17. The lowest BCUT2D eigenvalue weighted by Crippen LogP contribution is -2.35. The minimum Gasteiger partial charge on any atom is -0.353 e. The first-order valence-corrected chi connectivity index (χ1v) is 7.36. The van der Waals surface area contributed by atoms with Gasteiger partial charge in [-0.2, -0.15) is 0 Å². The molecule has 1 heterocycles. The molecular formula is C15H26N2O2. The van der Waals surface area contributed by atoms with Crippen LogP contribution in [0, 0.1) is 0 Å². The molecular weight excluding hydrogens is 240 g/mol. The number of hydrogen-bond acceptors (Lipinski definition) is 3. The van der Waals surface area contributed by atoms with Crippen LogP contribution in [0.2, 0.25) is 0 Å². The van der Waals surface area contributed by atoms with Gasteiger partial charge in [0.05, 0.1) is 6.04 Å². The van der Waals surface area contributed by atoms with Crippen molar-refractivity contribution in [1.29, 1.82) is 0 Å². The topological polar surface area (TPSA) is 58.2 Å². The van der Waals surface area contributed by atoms with Crippen LogP contribution in [0.25, 0.3) is 0 Å². The van der Waals surface area contributed by atoms with Gasteiger partial charge in [0.2, 0.25) is 5.91 Å². The minimum atomic E-state index is -0.128. The summed E-state index contributed by atoms with van der Waals surface area (Å²) in [5.74, 6) is 0.225. The van der Waals surface area contributed by atoms with Gasteiger partial charge in [0, 0.05) is 19.0 Å². The maximum Gasteiger partial charge on any atom is 0.243 e. The van der Waals surface area contributed by atoms with E-state index in [4.69, 9.17) is 0 Å². The van der Waals surface area contributed by atoms with E-state index < -0.39 is 0 Å². The van der Waals surface area contributed by atoms with Crippen molar-refractivity contribution >= 4 is 11.7 Å². The summed E-state index contributed by atoms with van der Waals surface area (Å²) in [6.07, 6.45) is 7.97. The van der Waals surface area contributed by atoms with E-state index in [9.17, 15) is 9.59 Å². The van der Waals surface area contributed by atoms with E-state index in [0.717, 1.165) is 38.5 Å². The second-order valence-electron chi connectivity index (χ2n) is 5.17. The van der Waals surface area contributed by atoms with Crippen molar-refractivity contribution in [3.63, 3.8) is 0 Å². The first kappa shape index (κ1) is 15.9. The Morgan fingerprint density at radius 3 is 2.74 bits per heavy atom. The molecule has 0 radical (unpaired) electrons. The number of Topliss-reactive ketones (excluding diaryl/α,β-unsaturated/α-hetero) is 1. The average Bonchev–Trinajstić information content (AvgIpc) is 2.91. The minimum absolute atomic E-state index is 0.0884. The quantitative estimate of drug-likeness (QED) is 0.495. The highest BCUT2D eigenvalue weighted by atomic mass is 16.1. The Balaban J connectivity index is 2.02. The van der Waals surface area contributed by atoms with Crippen LogP contribution in [0.3, 0.4) is 0 Å².